The van der Waals surface area contributed by atoms with Crippen LogP contribution < -0.4 is 5.73 Å². The van der Waals surface area contributed by atoms with Gasteiger partial charge in [-0.2, -0.15) is 0 Å². The van der Waals surface area contributed by atoms with E-state index in [0.717, 1.165) is 19.4 Å². The first-order chi connectivity index (χ1) is 9.82. The van der Waals surface area contributed by atoms with Crippen molar-refractivity contribution in [3.8, 4) is 0 Å². The smallest absolute Gasteiger partial charge is 0.242 e. The van der Waals surface area contributed by atoms with Crippen LogP contribution in [0.3, 0.4) is 0 Å². The van der Waals surface area contributed by atoms with Gasteiger partial charge in [-0.1, -0.05) is 11.6 Å². The molecule has 2 N–H and O–H groups in total. The van der Waals surface area contributed by atoms with Gasteiger partial charge in [0.15, 0.2) is 0 Å². The number of ether oxygens (including phenoxy) is 1. The summed E-state index contributed by atoms with van der Waals surface area (Å²) in [6, 6.07) is 2.97. The summed E-state index contributed by atoms with van der Waals surface area (Å²) in [6.45, 7) is 3.57. The molecule has 1 aliphatic rings. The molecule has 0 bridgehead atoms. The number of anilines is 1. The van der Waals surface area contributed by atoms with Gasteiger partial charge in [0.1, 0.15) is 0 Å². The SMILES string of the molecule is Cc1cc(S(=O)(=O)N(C)CC2CCCOC2)cc(N)c1Cl. The Morgan fingerprint density at radius 1 is 1.48 bits per heavy atom. The van der Waals surface area contributed by atoms with Crippen LogP contribution in [0.15, 0.2) is 17.0 Å². The molecular formula is C14H21ClN2O3S. The van der Waals surface area contributed by atoms with E-state index in [9.17, 15) is 8.42 Å². The lowest BCUT2D eigenvalue weighted by molar-refractivity contribution is 0.0495. The van der Waals surface area contributed by atoms with Crippen molar-refractivity contribution in [1.29, 1.82) is 0 Å². The van der Waals surface area contributed by atoms with Gasteiger partial charge < -0.3 is 10.5 Å². The van der Waals surface area contributed by atoms with E-state index in [0.29, 0.717) is 23.7 Å². The number of benzene rings is 1. The van der Waals surface area contributed by atoms with Crippen molar-refractivity contribution in [2.75, 3.05) is 32.5 Å². The topological polar surface area (TPSA) is 72.6 Å². The van der Waals surface area contributed by atoms with Gasteiger partial charge in [0.05, 0.1) is 22.2 Å². The molecule has 1 aromatic rings. The Hall–Kier alpha value is -0.820. The molecule has 118 valence electrons. The quantitative estimate of drug-likeness (QED) is 0.858. The van der Waals surface area contributed by atoms with Crippen molar-refractivity contribution in [2.45, 2.75) is 24.7 Å². The summed E-state index contributed by atoms with van der Waals surface area (Å²) in [6.07, 6.45) is 1.97. The number of nitrogens with two attached hydrogens (primary N) is 1. The minimum absolute atomic E-state index is 0.182. The Balaban J connectivity index is 2.20. The average Bonchev–Trinajstić information content (AvgIpc) is 2.45. The van der Waals surface area contributed by atoms with Crippen LogP contribution in [-0.4, -0.2) is 39.5 Å². The predicted molar refractivity (Wildman–Crippen MR) is 84.0 cm³/mol. The Labute approximate surface area is 131 Å². The first-order valence-electron chi connectivity index (χ1n) is 6.92. The molecule has 1 heterocycles. The molecule has 1 fully saturated rings. The zero-order valence-electron chi connectivity index (χ0n) is 12.3. The summed E-state index contributed by atoms with van der Waals surface area (Å²) < 4.78 is 32.0. The van der Waals surface area contributed by atoms with Crippen LogP contribution in [-0.2, 0) is 14.8 Å². The molecule has 0 aromatic heterocycles. The van der Waals surface area contributed by atoms with Gasteiger partial charge in [0, 0.05) is 20.2 Å². The second kappa shape index (κ2) is 6.52. The highest BCUT2D eigenvalue weighted by atomic mass is 35.5. The fraction of sp³-hybridized carbons (Fsp3) is 0.571. The van der Waals surface area contributed by atoms with Crippen molar-refractivity contribution in [2.24, 2.45) is 5.92 Å². The van der Waals surface area contributed by atoms with Gasteiger partial charge in [-0.15, -0.1) is 0 Å². The van der Waals surface area contributed by atoms with Crippen molar-refractivity contribution >= 4 is 27.3 Å². The predicted octanol–water partition coefficient (Wildman–Crippen LogP) is 2.28. The highest BCUT2D eigenvalue weighted by Gasteiger charge is 2.26. The van der Waals surface area contributed by atoms with Crippen molar-refractivity contribution in [3.63, 3.8) is 0 Å². The minimum atomic E-state index is -3.56. The van der Waals surface area contributed by atoms with Crippen LogP contribution in [0.2, 0.25) is 5.02 Å². The maximum Gasteiger partial charge on any atom is 0.242 e. The molecule has 0 spiro atoms. The molecule has 1 atom stereocenters. The molecule has 5 nitrogen and oxygen atoms in total. The maximum absolute atomic E-state index is 12.6. The molecule has 0 saturated carbocycles. The van der Waals surface area contributed by atoms with E-state index in [1.165, 1.54) is 10.4 Å². The van der Waals surface area contributed by atoms with Crippen LogP contribution in [0, 0.1) is 12.8 Å². The number of hydrogen-bond donors (Lipinski definition) is 1. The van der Waals surface area contributed by atoms with Gasteiger partial charge in [0.2, 0.25) is 10.0 Å². The third kappa shape index (κ3) is 3.69. The van der Waals surface area contributed by atoms with E-state index in [1.807, 2.05) is 0 Å². The van der Waals surface area contributed by atoms with Crippen LogP contribution in [0.5, 0.6) is 0 Å². The Kier molecular flexibility index (Phi) is 5.14. The molecule has 1 saturated heterocycles. The zero-order chi connectivity index (χ0) is 15.6. The number of rotatable bonds is 4. The Morgan fingerprint density at radius 3 is 2.76 bits per heavy atom. The van der Waals surface area contributed by atoms with Gasteiger partial charge >= 0.3 is 0 Å². The van der Waals surface area contributed by atoms with Crippen LogP contribution in [0.25, 0.3) is 0 Å². The number of sulfonamides is 1. The van der Waals surface area contributed by atoms with E-state index >= 15 is 0 Å². The summed E-state index contributed by atoms with van der Waals surface area (Å²) >= 11 is 5.98. The van der Waals surface area contributed by atoms with Crippen LogP contribution >= 0.6 is 11.6 Å². The minimum Gasteiger partial charge on any atom is -0.397 e. The van der Waals surface area contributed by atoms with Gasteiger partial charge in [0.25, 0.3) is 0 Å². The lowest BCUT2D eigenvalue weighted by Crippen LogP contribution is -2.35. The number of nitrogen functional groups attached to an aromatic ring is 1. The molecule has 21 heavy (non-hydrogen) atoms. The normalized spacial score (nSPS) is 19.9. The second-order valence-electron chi connectivity index (χ2n) is 5.51. The fourth-order valence-electron chi connectivity index (χ4n) is 2.50. The zero-order valence-corrected chi connectivity index (χ0v) is 13.9. The molecule has 2 rings (SSSR count). The molecule has 0 amide bonds. The monoisotopic (exact) mass is 332 g/mol. The number of aryl methyl sites for hydroxylation is 1. The van der Waals surface area contributed by atoms with E-state index in [-0.39, 0.29) is 16.5 Å². The molecule has 1 unspecified atom stereocenters. The molecule has 0 radical (unpaired) electrons. The fourth-order valence-corrected chi connectivity index (χ4v) is 3.98. The molecule has 1 aromatic carbocycles. The van der Waals surface area contributed by atoms with Crippen molar-refractivity contribution in [3.05, 3.63) is 22.7 Å². The highest BCUT2D eigenvalue weighted by Crippen LogP contribution is 2.28. The maximum atomic E-state index is 12.6. The largest absolute Gasteiger partial charge is 0.397 e. The Morgan fingerprint density at radius 2 is 2.19 bits per heavy atom. The standard InChI is InChI=1S/C14H21ClN2O3S/c1-10-6-12(7-13(16)14(10)15)21(18,19)17(2)8-11-4-3-5-20-9-11/h6-7,11H,3-5,8-9,16H2,1-2H3. The van der Waals surface area contributed by atoms with E-state index in [1.54, 1.807) is 20.0 Å². The number of hydrogen-bond acceptors (Lipinski definition) is 4. The third-order valence-electron chi connectivity index (χ3n) is 3.73. The summed E-state index contributed by atoms with van der Waals surface area (Å²) in [5, 5.41) is 0.400. The molecule has 7 heteroatoms. The van der Waals surface area contributed by atoms with Crippen molar-refractivity contribution < 1.29 is 13.2 Å². The second-order valence-corrected chi connectivity index (χ2v) is 7.93. The van der Waals surface area contributed by atoms with Crippen LogP contribution in [0.4, 0.5) is 5.69 Å². The summed E-state index contributed by atoms with van der Waals surface area (Å²) in [7, 11) is -1.97. The third-order valence-corrected chi connectivity index (χ3v) is 6.05. The highest BCUT2D eigenvalue weighted by molar-refractivity contribution is 7.89. The number of nitrogens with zero attached hydrogens (tertiary/aromatic N) is 1. The van der Waals surface area contributed by atoms with Gasteiger partial charge in [-0.3, -0.25) is 0 Å². The van der Waals surface area contributed by atoms with Gasteiger partial charge in [-0.05, 0) is 43.4 Å². The summed E-state index contributed by atoms with van der Waals surface area (Å²) in [5.74, 6) is 0.240. The first-order valence-corrected chi connectivity index (χ1v) is 8.74. The van der Waals surface area contributed by atoms with Crippen LogP contribution in [0.1, 0.15) is 18.4 Å². The van der Waals surface area contributed by atoms with Crippen molar-refractivity contribution in [1.82, 2.24) is 4.31 Å². The molecule has 1 aliphatic heterocycles. The molecular weight excluding hydrogens is 312 g/mol. The van der Waals surface area contributed by atoms with Gasteiger partial charge in [-0.25, -0.2) is 12.7 Å². The lowest BCUT2D eigenvalue weighted by Gasteiger charge is -2.27. The van der Waals surface area contributed by atoms with E-state index in [2.05, 4.69) is 0 Å². The average molecular weight is 333 g/mol. The Bertz CT molecular complexity index is 590. The number of halogens is 1. The summed E-state index contributed by atoms with van der Waals surface area (Å²) in [5.41, 5.74) is 6.71. The summed E-state index contributed by atoms with van der Waals surface area (Å²) in [4.78, 5) is 0.182. The lowest BCUT2D eigenvalue weighted by atomic mass is 10.0. The molecule has 0 aliphatic carbocycles. The van der Waals surface area contributed by atoms with E-state index < -0.39 is 10.0 Å². The first kappa shape index (κ1) is 16.5. The van der Waals surface area contributed by atoms with E-state index in [4.69, 9.17) is 22.1 Å².